The normalized spacial score (nSPS) is 16.5. The van der Waals surface area contributed by atoms with Gasteiger partial charge in [-0.3, -0.25) is 0 Å². The maximum Gasteiger partial charge on any atom is 0.274 e. The van der Waals surface area contributed by atoms with Crippen LogP contribution < -0.4 is 4.74 Å². The first-order valence-electron chi connectivity index (χ1n) is 8.51. The average molecular weight is 445 g/mol. The van der Waals surface area contributed by atoms with E-state index >= 15 is 0 Å². The molecular formula is C18H15ClF2N2O3S2. The lowest BCUT2D eigenvalue weighted by Gasteiger charge is -2.30. The third-order valence-electron chi connectivity index (χ3n) is 4.53. The van der Waals surface area contributed by atoms with Crippen molar-refractivity contribution in [1.29, 1.82) is 0 Å². The van der Waals surface area contributed by atoms with Gasteiger partial charge in [-0.05, 0) is 43.2 Å². The van der Waals surface area contributed by atoms with Crippen LogP contribution in [0.1, 0.15) is 12.8 Å². The molecule has 0 radical (unpaired) electrons. The Bertz CT molecular complexity index is 1130. The van der Waals surface area contributed by atoms with Crippen molar-refractivity contribution in [2.45, 2.75) is 23.8 Å². The monoisotopic (exact) mass is 444 g/mol. The number of hydrogen-bond acceptors (Lipinski definition) is 5. The van der Waals surface area contributed by atoms with Crippen LogP contribution in [0.5, 0.6) is 5.19 Å². The number of fused-ring (bicyclic) bond motifs is 1. The van der Waals surface area contributed by atoms with Gasteiger partial charge in [0.05, 0.1) is 9.72 Å². The summed E-state index contributed by atoms with van der Waals surface area (Å²) in [6.07, 6.45) is 0.614. The maximum atomic E-state index is 13.9. The van der Waals surface area contributed by atoms with Crippen molar-refractivity contribution in [2.24, 2.45) is 0 Å². The van der Waals surface area contributed by atoms with E-state index in [1.807, 2.05) is 12.1 Å². The number of piperidine rings is 1. The number of benzene rings is 2. The van der Waals surface area contributed by atoms with Crippen LogP contribution in [0.3, 0.4) is 0 Å². The molecule has 0 N–H and O–H groups in total. The molecule has 0 unspecified atom stereocenters. The van der Waals surface area contributed by atoms with Gasteiger partial charge in [0.15, 0.2) is 0 Å². The van der Waals surface area contributed by atoms with E-state index < -0.39 is 26.6 Å². The Balaban J connectivity index is 1.45. The number of nitrogens with zero attached hydrogens (tertiary/aromatic N) is 2. The summed E-state index contributed by atoms with van der Waals surface area (Å²) in [6, 6.07) is 7.89. The topological polar surface area (TPSA) is 59.5 Å². The molecule has 0 spiro atoms. The summed E-state index contributed by atoms with van der Waals surface area (Å²) in [6.45, 7) is 0.295. The predicted molar refractivity (Wildman–Crippen MR) is 103 cm³/mol. The minimum atomic E-state index is -4.11. The highest BCUT2D eigenvalue weighted by molar-refractivity contribution is 7.89. The smallest absolute Gasteiger partial charge is 0.274 e. The van der Waals surface area contributed by atoms with Gasteiger partial charge < -0.3 is 4.74 Å². The Morgan fingerprint density at radius 2 is 1.93 bits per heavy atom. The quantitative estimate of drug-likeness (QED) is 0.596. The van der Waals surface area contributed by atoms with Crippen LogP contribution in [0.25, 0.3) is 10.2 Å². The highest BCUT2D eigenvalue weighted by atomic mass is 35.5. The van der Waals surface area contributed by atoms with Crippen molar-refractivity contribution in [3.8, 4) is 5.19 Å². The molecule has 1 fully saturated rings. The average Bonchev–Trinajstić information content (AvgIpc) is 3.08. The van der Waals surface area contributed by atoms with Gasteiger partial charge in [-0.15, -0.1) is 0 Å². The molecule has 1 aliphatic heterocycles. The molecule has 1 aromatic heterocycles. The lowest BCUT2D eigenvalue weighted by Crippen LogP contribution is -2.42. The second-order valence-electron chi connectivity index (χ2n) is 6.36. The Morgan fingerprint density at radius 3 is 2.64 bits per heavy atom. The van der Waals surface area contributed by atoms with Crippen molar-refractivity contribution >= 4 is 43.2 Å². The van der Waals surface area contributed by atoms with Crippen molar-refractivity contribution < 1.29 is 21.9 Å². The van der Waals surface area contributed by atoms with Crippen LogP contribution >= 0.6 is 22.9 Å². The van der Waals surface area contributed by atoms with Crippen LogP contribution in [0.2, 0.25) is 5.02 Å². The van der Waals surface area contributed by atoms with E-state index in [0.29, 0.717) is 34.6 Å². The summed E-state index contributed by atoms with van der Waals surface area (Å²) in [5.74, 6) is -1.76. The zero-order chi connectivity index (χ0) is 19.9. The van der Waals surface area contributed by atoms with Crippen LogP contribution in [-0.4, -0.2) is 36.9 Å². The molecule has 148 valence electrons. The molecule has 0 aliphatic carbocycles. The van der Waals surface area contributed by atoms with E-state index in [0.717, 1.165) is 21.1 Å². The van der Waals surface area contributed by atoms with Gasteiger partial charge in [0.1, 0.15) is 28.2 Å². The summed E-state index contributed by atoms with van der Waals surface area (Å²) in [4.78, 5) is 3.74. The largest absolute Gasteiger partial charge is 0.467 e. The third kappa shape index (κ3) is 3.71. The maximum absolute atomic E-state index is 13.9. The fraction of sp³-hybridized carbons (Fsp3) is 0.278. The number of aromatic nitrogens is 1. The number of ether oxygens (including phenoxy) is 1. The summed E-state index contributed by atoms with van der Waals surface area (Å²) in [5, 5.41) is 1.02. The van der Waals surface area contributed by atoms with Crippen LogP contribution in [0, 0.1) is 11.6 Å². The van der Waals surface area contributed by atoms with E-state index in [9.17, 15) is 17.2 Å². The summed E-state index contributed by atoms with van der Waals surface area (Å²) < 4.78 is 60.5. The minimum Gasteiger partial charge on any atom is -0.467 e. The van der Waals surface area contributed by atoms with E-state index in [-0.39, 0.29) is 19.2 Å². The van der Waals surface area contributed by atoms with E-state index in [2.05, 4.69) is 4.98 Å². The standard InChI is InChI=1S/C18H15ClF2N2O3S2/c19-13-2-1-3-15-17(13)22-18(27-15)26-12-6-8-23(9-7-12)28(24,25)16-10-11(20)4-5-14(16)21/h1-5,10,12H,6-9H2. The molecule has 0 saturated carbocycles. The fourth-order valence-electron chi connectivity index (χ4n) is 3.09. The second-order valence-corrected chi connectivity index (χ2v) is 9.67. The van der Waals surface area contributed by atoms with Gasteiger partial charge in [0, 0.05) is 13.1 Å². The molecule has 0 amide bonds. The highest BCUT2D eigenvalue weighted by Gasteiger charge is 2.32. The lowest BCUT2D eigenvalue weighted by molar-refractivity contribution is 0.135. The predicted octanol–water partition coefficient (Wildman–Crippen LogP) is 4.46. The van der Waals surface area contributed by atoms with Crippen LogP contribution in [0.15, 0.2) is 41.3 Å². The van der Waals surface area contributed by atoms with E-state index in [1.54, 1.807) is 6.07 Å². The van der Waals surface area contributed by atoms with Crippen molar-refractivity contribution in [1.82, 2.24) is 9.29 Å². The molecule has 1 aliphatic rings. The molecule has 3 aromatic rings. The SMILES string of the molecule is O=S(=O)(c1cc(F)ccc1F)N1CCC(Oc2nc3c(Cl)cccc3s2)CC1. The first kappa shape index (κ1) is 19.5. The molecule has 2 heterocycles. The number of para-hydroxylation sites is 1. The molecule has 0 atom stereocenters. The fourth-order valence-corrected chi connectivity index (χ4v) is 5.82. The Labute approximate surface area is 169 Å². The molecule has 5 nitrogen and oxygen atoms in total. The van der Waals surface area contributed by atoms with Crippen molar-refractivity contribution in [3.63, 3.8) is 0 Å². The molecule has 2 aromatic carbocycles. The first-order valence-corrected chi connectivity index (χ1v) is 11.1. The summed E-state index contributed by atoms with van der Waals surface area (Å²) >= 11 is 7.49. The molecule has 0 bridgehead atoms. The second kappa shape index (κ2) is 7.55. The zero-order valence-corrected chi connectivity index (χ0v) is 16.8. The van der Waals surface area contributed by atoms with Gasteiger partial charge in [-0.1, -0.05) is 29.0 Å². The van der Waals surface area contributed by atoms with Gasteiger partial charge >= 0.3 is 0 Å². The summed E-state index contributed by atoms with van der Waals surface area (Å²) in [7, 11) is -4.11. The van der Waals surface area contributed by atoms with Crippen LogP contribution in [0.4, 0.5) is 8.78 Å². The van der Waals surface area contributed by atoms with Gasteiger partial charge in [-0.25, -0.2) is 22.2 Å². The third-order valence-corrected chi connectivity index (χ3v) is 7.66. The van der Waals surface area contributed by atoms with Crippen LogP contribution in [-0.2, 0) is 10.0 Å². The lowest BCUT2D eigenvalue weighted by atomic mass is 10.1. The number of halogens is 3. The first-order chi connectivity index (χ1) is 13.3. The van der Waals surface area contributed by atoms with Gasteiger partial charge in [0.25, 0.3) is 5.19 Å². The number of rotatable bonds is 4. The van der Waals surface area contributed by atoms with Crippen molar-refractivity contribution in [2.75, 3.05) is 13.1 Å². The Kier molecular flexibility index (Phi) is 5.26. The van der Waals surface area contributed by atoms with Gasteiger partial charge in [0.2, 0.25) is 10.0 Å². The Hall–Kier alpha value is -1.81. The molecule has 28 heavy (non-hydrogen) atoms. The highest BCUT2D eigenvalue weighted by Crippen LogP contribution is 2.34. The molecule has 10 heteroatoms. The number of sulfonamides is 1. The molecular weight excluding hydrogens is 430 g/mol. The van der Waals surface area contributed by atoms with Gasteiger partial charge in [-0.2, -0.15) is 4.31 Å². The van der Waals surface area contributed by atoms with E-state index in [4.69, 9.17) is 16.3 Å². The van der Waals surface area contributed by atoms with Crippen molar-refractivity contribution in [3.05, 3.63) is 53.1 Å². The van der Waals surface area contributed by atoms with E-state index in [1.165, 1.54) is 11.3 Å². The minimum absolute atomic E-state index is 0.147. The zero-order valence-electron chi connectivity index (χ0n) is 14.4. The number of hydrogen-bond donors (Lipinski definition) is 0. The summed E-state index contributed by atoms with van der Waals surface area (Å²) in [5.41, 5.74) is 0.672. The molecule has 4 rings (SSSR count). The Morgan fingerprint density at radius 1 is 1.18 bits per heavy atom. The molecule has 1 saturated heterocycles. The number of thiazole rings is 1.